The first-order chi connectivity index (χ1) is 12.7. The van der Waals surface area contributed by atoms with Crippen LogP contribution in [0.3, 0.4) is 0 Å². The minimum absolute atomic E-state index is 0.683. The van der Waals surface area contributed by atoms with Gasteiger partial charge in [0.05, 0.1) is 14.2 Å². The highest BCUT2D eigenvalue weighted by molar-refractivity contribution is 6.01. The van der Waals surface area contributed by atoms with Gasteiger partial charge in [0.1, 0.15) is 5.65 Å². The zero-order chi connectivity index (χ0) is 18.1. The molecule has 0 spiro atoms. The average molecular weight is 345 g/mol. The summed E-state index contributed by atoms with van der Waals surface area (Å²) in [5.41, 5.74) is 11.7. The van der Waals surface area contributed by atoms with Crippen molar-refractivity contribution in [1.29, 1.82) is 0 Å². The number of aromatic nitrogens is 2. The Morgan fingerprint density at radius 1 is 0.885 bits per heavy atom. The summed E-state index contributed by atoms with van der Waals surface area (Å²) in [7, 11) is 3.26. The molecule has 26 heavy (non-hydrogen) atoms. The van der Waals surface area contributed by atoms with Gasteiger partial charge in [0.2, 0.25) is 0 Å². The lowest BCUT2D eigenvalue weighted by molar-refractivity contribution is 0.355. The maximum absolute atomic E-state index is 5.87. The minimum Gasteiger partial charge on any atom is -0.493 e. The molecule has 5 nitrogen and oxygen atoms in total. The van der Waals surface area contributed by atoms with E-state index in [1.807, 2.05) is 60.9 Å². The number of nitrogen functional groups attached to an aromatic ring is 1. The fourth-order valence-electron chi connectivity index (χ4n) is 3.19. The summed E-state index contributed by atoms with van der Waals surface area (Å²) in [5, 5.41) is 1.06. The molecule has 0 amide bonds. The molecule has 0 bridgehead atoms. The van der Waals surface area contributed by atoms with E-state index in [-0.39, 0.29) is 0 Å². The normalized spacial score (nSPS) is 10.8. The molecule has 0 aliphatic rings. The van der Waals surface area contributed by atoms with Crippen LogP contribution in [0.2, 0.25) is 0 Å². The van der Waals surface area contributed by atoms with Crippen molar-refractivity contribution in [3.63, 3.8) is 0 Å². The van der Waals surface area contributed by atoms with Gasteiger partial charge in [0.15, 0.2) is 11.5 Å². The molecule has 0 saturated carbocycles. The number of rotatable bonds is 4. The Hall–Kier alpha value is -3.47. The second-order valence-electron chi connectivity index (χ2n) is 5.98. The Labute approximate surface area is 151 Å². The number of methoxy groups -OCH3 is 2. The lowest BCUT2D eigenvalue weighted by Gasteiger charge is -2.14. The molecule has 5 heteroatoms. The van der Waals surface area contributed by atoms with Crippen molar-refractivity contribution in [2.75, 3.05) is 20.0 Å². The number of fused-ring (bicyclic) bond motifs is 1. The van der Waals surface area contributed by atoms with Crippen molar-refractivity contribution in [2.24, 2.45) is 0 Å². The summed E-state index contributed by atoms with van der Waals surface area (Å²) in [5.74, 6) is 1.38. The molecule has 130 valence electrons. The largest absolute Gasteiger partial charge is 0.493 e. The first kappa shape index (κ1) is 16.0. The smallest absolute Gasteiger partial charge is 0.161 e. The molecule has 0 aliphatic heterocycles. The van der Waals surface area contributed by atoms with Gasteiger partial charge in [0, 0.05) is 34.6 Å². The Bertz CT molecular complexity index is 1070. The van der Waals surface area contributed by atoms with Crippen molar-refractivity contribution < 1.29 is 9.47 Å². The van der Waals surface area contributed by atoms with Crippen LogP contribution in [0.5, 0.6) is 11.5 Å². The van der Waals surface area contributed by atoms with Gasteiger partial charge in [-0.05, 0) is 41.5 Å². The number of nitrogens with zero attached hydrogens (tertiary/aromatic N) is 1. The molecular weight excluding hydrogens is 326 g/mol. The molecule has 0 radical (unpaired) electrons. The fraction of sp³-hybridized carbons (Fsp3) is 0.0952. The second-order valence-corrected chi connectivity index (χ2v) is 5.98. The van der Waals surface area contributed by atoms with E-state index in [2.05, 4.69) is 9.97 Å². The van der Waals surface area contributed by atoms with Crippen molar-refractivity contribution in [3.8, 4) is 33.8 Å². The highest BCUT2D eigenvalue weighted by Gasteiger charge is 2.15. The first-order valence-corrected chi connectivity index (χ1v) is 8.25. The lowest BCUT2D eigenvalue weighted by atomic mass is 9.93. The topological polar surface area (TPSA) is 73.2 Å². The standard InChI is InChI=1S/C21H19N3O2/c1-25-18-8-5-14(11-19(18)26-2)17-12-24-21-16(9-10-23-21)20(17)13-3-6-15(22)7-4-13/h3-12H,22H2,1-2H3,(H,23,24). The zero-order valence-corrected chi connectivity index (χ0v) is 14.6. The van der Waals surface area contributed by atoms with E-state index >= 15 is 0 Å². The van der Waals surface area contributed by atoms with E-state index in [1.165, 1.54) is 0 Å². The predicted octanol–water partition coefficient (Wildman–Crippen LogP) is 4.50. The van der Waals surface area contributed by atoms with Crippen LogP contribution in [-0.4, -0.2) is 24.2 Å². The van der Waals surface area contributed by atoms with Crippen molar-refractivity contribution in [2.45, 2.75) is 0 Å². The minimum atomic E-state index is 0.683. The number of hydrogen-bond acceptors (Lipinski definition) is 4. The monoisotopic (exact) mass is 345 g/mol. The highest BCUT2D eigenvalue weighted by Crippen LogP contribution is 2.40. The van der Waals surface area contributed by atoms with Crippen LogP contribution in [0, 0.1) is 0 Å². The fourth-order valence-corrected chi connectivity index (χ4v) is 3.19. The average Bonchev–Trinajstić information content (AvgIpc) is 3.16. The molecular formula is C21H19N3O2. The Morgan fingerprint density at radius 2 is 1.62 bits per heavy atom. The summed E-state index contributed by atoms with van der Waals surface area (Å²) in [6.45, 7) is 0. The predicted molar refractivity (Wildman–Crippen MR) is 104 cm³/mol. The molecule has 0 atom stereocenters. The Kier molecular flexibility index (Phi) is 3.97. The summed E-state index contributed by atoms with van der Waals surface area (Å²) in [6, 6.07) is 15.8. The third-order valence-corrected chi connectivity index (χ3v) is 4.48. The molecule has 0 saturated heterocycles. The van der Waals surface area contributed by atoms with Crippen LogP contribution in [0.15, 0.2) is 60.9 Å². The number of nitrogens with one attached hydrogen (secondary N) is 1. The van der Waals surface area contributed by atoms with Gasteiger partial charge in [0.25, 0.3) is 0 Å². The first-order valence-electron chi connectivity index (χ1n) is 8.25. The highest BCUT2D eigenvalue weighted by atomic mass is 16.5. The second kappa shape index (κ2) is 6.44. The van der Waals surface area contributed by atoms with Crippen molar-refractivity contribution in [1.82, 2.24) is 9.97 Å². The Balaban J connectivity index is 1.98. The van der Waals surface area contributed by atoms with E-state index in [1.54, 1.807) is 14.2 Å². The van der Waals surface area contributed by atoms with Crippen LogP contribution in [0.1, 0.15) is 0 Å². The van der Waals surface area contributed by atoms with Gasteiger partial charge in [-0.25, -0.2) is 4.98 Å². The summed E-state index contributed by atoms with van der Waals surface area (Å²) in [4.78, 5) is 7.75. The lowest BCUT2D eigenvalue weighted by Crippen LogP contribution is -1.93. The van der Waals surface area contributed by atoms with Crippen LogP contribution >= 0.6 is 0 Å². The van der Waals surface area contributed by atoms with Gasteiger partial charge >= 0.3 is 0 Å². The number of pyridine rings is 1. The van der Waals surface area contributed by atoms with Crippen LogP contribution in [-0.2, 0) is 0 Å². The van der Waals surface area contributed by atoms with Gasteiger partial charge in [-0.15, -0.1) is 0 Å². The van der Waals surface area contributed by atoms with Gasteiger partial charge in [-0.2, -0.15) is 0 Å². The molecule has 0 aliphatic carbocycles. The number of nitrogens with two attached hydrogens (primary N) is 1. The SMILES string of the molecule is COc1ccc(-c2cnc3[nH]ccc3c2-c2ccc(N)cc2)cc1OC. The molecule has 2 aromatic heterocycles. The van der Waals surface area contributed by atoms with Crippen LogP contribution in [0.25, 0.3) is 33.3 Å². The van der Waals surface area contributed by atoms with E-state index < -0.39 is 0 Å². The molecule has 2 heterocycles. The summed E-state index contributed by atoms with van der Waals surface area (Å²) < 4.78 is 10.8. The number of aromatic amines is 1. The number of ether oxygens (including phenoxy) is 2. The number of benzene rings is 2. The van der Waals surface area contributed by atoms with Crippen molar-refractivity contribution in [3.05, 3.63) is 60.9 Å². The maximum Gasteiger partial charge on any atom is 0.161 e. The van der Waals surface area contributed by atoms with Gasteiger partial charge < -0.3 is 20.2 Å². The van der Waals surface area contributed by atoms with E-state index in [0.717, 1.165) is 39.0 Å². The molecule has 4 rings (SSSR count). The quantitative estimate of drug-likeness (QED) is 0.534. The van der Waals surface area contributed by atoms with E-state index in [4.69, 9.17) is 15.2 Å². The third kappa shape index (κ3) is 2.63. The van der Waals surface area contributed by atoms with Crippen LogP contribution in [0.4, 0.5) is 5.69 Å². The molecule has 3 N–H and O–H groups in total. The van der Waals surface area contributed by atoms with Crippen LogP contribution < -0.4 is 15.2 Å². The third-order valence-electron chi connectivity index (χ3n) is 4.48. The summed E-state index contributed by atoms with van der Waals surface area (Å²) >= 11 is 0. The number of hydrogen-bond donors (Lipinski definition) is 2. The molecule has 2 aromatic carbocycles. The van der Waals surface area contributed by atoms with Gasteiger partial charge in [-0.3, -0.25) is 0 Å². The van der Waals surface area contributed by atoms with Gasteiger partial charge in [-0.1, -0.05) is 18.2 Å². The number of anilines is 1. The van der Waals surface area contributed by atoms with E-state index in [0.29, 0.717) is 11.5 Å². The molecule has 0 fully saturated rings. The maximum atomic E-state index is 5.87. The van der Waals surface area contributed by atoms with Crippen molar-refractivity contribution >= 4 is 16.7 Å². The Morgan fingerprint density at radius 3 is 2.35 bits per heavy atom. The number of H-pyrrole nitrogens is 1. The van der Waals surface area contributed by atoms with E-state index in [9.17, 15) is 0 Å². The zero-order valence-electron chi connectivity index (χ0n) is 14.6. The summed E-state index contributed by atoms with van der Waals surface area (Å²) in [6.07, 6.45) is 3.78. The molecule has 4 aromatic rings. The molecule has 0 unspecified atom stereocenters.